The van der Waals surface area contributed by atoms with E-state index in [1.54, 1.807) is 0 Å². The number of aryl methyl sites for hydroxylation is 1. The molecule has 0 bridgehead atoms. The molecule has 0 aliphatic carbocycles. The molecular formula is C13H10F6N6O. The lowest BCUT2D eigenvalue weighted by molar-refractivity contribution is -0.142. The standard InChI is InChI=1S/C13H10F6N6O/c1-6(25-4-3-8(22-25)12(14,15)16)11-20-10(23-26-11)7-5-9(13(17,18)19)21-24(7)2/h3-6H,1-2H3. The van der Waals surface area contributed by atoms with Gasteiger partial charge in [-0.05, 0) is 19.1 Å². The van der Waals surface area contributed by atoms with Crippen molar-refractivity contribution in [2.45, 2.75) is 25.3 Å². The summed E-state index contributed by atoms with van der Waals surface area (Å²) in [5.74, 6) is -0.299. The van der Waals surface area contributed by atoms with Gasteiger partial charge in [0, 0.05) is 13.2 Å². The number of rotatable bonds is 3. The predicted molar refractivity (Wildman–Crippen MR) is 72.5 cm³/mol. The third kappa shape index (κ3) is 3.28. The van der Waals surface area contributed by atoms with Crippen molar-refractivity contribution in [1.82, 2.24) is 29.7 Å². The molecule has 1 unspecified atom stereocenters. The molecule has 140 valence electrons. The van der Waals surface area contributed by atoms with Crippen molar-refractivity contribution in [3.05, 3.63) is 35.6 Å². The van der Waals surface area contributed by atoms with E-state index < -0.39 is 29.8 Å². The van der Waals surface area contributed by atoms with Crippen LogP contribution in [0.5, 0.6) is 0 Å². The highest BCUT2D eigenvalue weighted by Gasteiger charge is 2.36. The van der Waals surface area contributed by atoms with Gasteiger partial charge in [-0.3, -0.25) is 9.36 Å². The highest BCUT2D eigenvalue weighted by molar-refractivity contribution is 5.49. The molecule has 3 aromatic heterocycles. The first-order valence-electron chi connectivity index (χ1n) is 7.04. The summed E-state index contributed by atoms with van der Waals surface area (Å²) in [5.41, 5.74) is -2.28. The third-order valence-corrected chi connectivity index (χ3v) is 3.49. The summed E-state index contributed by atoms with van der Waals surface area (Å²) in [6.07, 6.45) is -8.16. The number of nitrogens with zero attached hydrogens (tertiary/aromatic N) is 6. The Morgan fingerprint density at radius 2 is 1.69 bits per heavy atom. The minimum absolute atomic E-state index is 0.0593. The van der Waals surface area contributed by atoms with Gasteiger partial charge in [-0.1, -0.05) is 5.16 Å². The second-order valence-corrected chi connectivity index (χ2v) is 5.35. The molecule has 0 saturated carbocycles. The van der Waals surface area contributed by atoms with Gasteiger partial charge >= 0.3 is 12.4 Å². The first-order valence-corrected chi connectivity index (χ1v) is 7.04. The summed E-state index contributed by atoms with van der Waals surface area (Å²) in [7, 11) is 1.27. The Hall–Kier alpha value is -2.86. The normalized spacial score (nSPS) is 14.0. The van der Waals surface area contributed by atoms with Crippen LogP contribution in [0.1, 0.15) is 30.2 Å². The van der Waals surface area contributed by atoms with E-state index in [-0.39, 0.29) is 17.4 Å². The van der Waals surface area contributed by atoms with Crippen molar-refractivity contribution in [3.8, 4) is 11.5 Å². The number of hydrogen-bond acceptors (Lipinski definition) is 5. The highest BCUT2D eigenvalue weighted by atomic mass is 19.4. The lowest BCUT2D eigenvalue weighted by Crippen LogP contribution is -2.11. The summed E-state index contributed by atoms with van der Waals surface area (Å²) in [6, 6.07) is 0.669. The molecule has 3 heterocycles. The quantitative estimate of drug-likeness (QED) is 0.652. The minimum Gasteiger partial charge on any atom is -0.337 e. The summed E-state index contributed by atoms with van der Waals surface area (Å²) >= 11 is 0. The molecule has 0 saturated heterocycles. The Morgan fingerprint density at radius 3 is 2.23 bits per heavy atom. The van der Waals surface area contributed by atoms with Crippen LogP contribution < -0.4 is 0 Å². The van der Waals surface area contributed by atoms with Crippen molar-refractivity contribution < 1.29 is 30.9 Å². The average molecular weight is 380 g/mol. The number of aromatic nitrogens is 6. The van der Waals surface area contributed by atoms with Crippen molar-refractivity contribution in [3.63, 3.8) is 0 Å². The summed E-state index contributed by atoms with van der Waals surface area (Å²) in [4.78, 5) is 3.94. The summed E-state index contributed by atoms with van der Waals surface area (Å²) in [5, 5.41) is 10.3. The Labute approximate surface area is 141 Å². The lowest BCUT2D eigenvalue weighted by Gasteiger charge is -2.07. The maximum atomic E-state index is 12.7. The Morgan fingerprint density at radius 1 is 1.04 bits per heavy atom. The van der Waals surface area contributed by atoms with Gasteiger partial charge < -0.3 is 4.52 Å². The van der Waals surface area contributed by atoms with Crippen molar-refractivity contribution in [1.29, 1.82) is 0 Å². The fraction of sp³-hybridized carbons (Fsp3) is 0.385. The smallest absolute Gasteiger partial charge is 0.337 e. The first kappa shape index (κ1) is 17.9. The Balaban J connectivity index is 1.88. The van der Waals surface area contributed by atoms with Gasteiger partial charge in [0.05, 0.1) is 0 Å². The van der Waals surface area contributed by atoms with Gasteiger partial charge in [0.25, 0.3) is 5.89 Å². The van der Waals surface area contributed by atoms with Crippen LogP contribution in [0, 0.1) is 0 Å². The van der Waals surface area contributed by atoms with Crippen LogP contribution in [0.15, 0.2) is 22.9 Å². The number of hydrogen-bond donors (Lipinski definition) is 0. The van der Waals surface area contributed by atoms with Crippen molar-refractivity contribution in [2.75, 3.05) is 0 Å². The zero-order valence-corrected chi connectivity index (χ0v) is 13.2. The molecule has 0 N–H and O–H groups in total. The molecule has 0 fully saturated rings. The van der Waals surface area contributed by atoms with Crippen LogP contribution in [0.3, 0.4) is 0 Å². The van der Waals surface area contributed by atoms with E-state index >= 15 is 0 Å². The predicted octanol–water partition coefficient (Wildman–Crippen LogP) is 3.31. The molecule has 0 aromatic carbocycles. The van der Waals surface area contributed by atoms with Crippen LogP contribution in [-0.4, -0.2) is 29.7 Å². The van der Waals surface area contributed by atoms with E-state index in [0.29, 0.717) is 0 Å². The van der Waals surface area contributed by atoms with Gasteiger partial charge in [0.15, 0.2) is 11.4 Å². The largest absolute Gasteiger partial charge is 0.435 e. The summed E-state index contributed by atoms with van der Waals surface area (Å²) < 4.78 is 82.8. The van der Waals surface area contributed by atoms with Crippen molar-refractivity contribution >= 4 is 0 Å². The van der Waals surface area contributed by atoms with E-state index in [0.717, 1.165) is 27.7 Å². The monoisotopic (exact) mass is 380 g/mol. The van der Waals surface area contributed by atoms with Crippen molar-refractivity contribution in [2.24, 2.45) is 7.05 Å². The van der Waals surface area contributed by atoms with E-state index in [9.17, 15) is 26.3 Å². The molecule has 1 atom stereocenters. The van der Waals surface area contributed by atoms with Gasteiger partial charge in [0.2, 0.25) is 5.82 Å². The topological polar surface area (TPSA) is 74.6 Å². The third-order valence-electron chi connectivity index (χ3n) is 3.49. The zero-order chi connectivity index (χ0) is 19.3. The van der Waals surface area contributed by atoms with Crippen LogP contribution in [0.25, 0.3) is 11.5 Å². The molecule has 7 nitrogen and oxygen atoms in total. The zero-order valence-electron chi connectivity index (χ0n) is 13.2. The fourth-order valence-corrected chi connectivity index (χ4v) is 2.14. The fourth-order valence-electron chi connectivity index (χ4n) is 2.14. The van der Waals surface area contributed by atoms with E-state index in [1.165, 1.54) is 14.0 Å². The first-order chi connectivity index (χ1) is 12.0. The van der Waals surface area contributed by atoms with Gasteiger partial charge in [-0.25, -0.2) is 0 Å². The molecule has 26 heavy (non-hydrogen) atoms. The number of halogens is 6. The maximum absolute atomic E-state index is 12.7. The van der Waals surface area contributed by atoms with E-state index in [4.69, 9.17) is 4.52 Å². The van der Waals surface area contributed by atoms with Gasteiger partial charge in [0.1, 0.15) is 11.7 Å². The van der Waals surface area contributed by atoms with Gasteiger partial charge in [-0.15, -0.1) is 0 Å². The highest BCUT2D eigenvalue weighted by Crippen LogP contribution is 2.31. The molecule has 3 aromatic rings. The SMILES string of the molecule is CC(c1nc(-c2cc(C(F)(F)F)nn2C)no1)n1ccc(C(F)(F)F)n1. The lowest BCUT2D eigenvalue weighted by atomic mass is 10.3. The van der Waals surface area contributed by atoms with Crippen LogP contribution in [-0.2, 0) is 19.4 Å². The molecule has 0 aliphatic rings. The Kier molecular flexibility index (Phi) is 4.04. The molecular weight excluding hydrogens is 370 g/mol. The second kappa shape index (κ2) is 5.85. The molecule has 0 radical (unpaired) electrons. The van der Waals surface area contributed by atoms with Gasteiger partial charge in [-0.2, -0.15) is 41.5 Å². The van der Waals surface area contributed by atoms with E-state index in [1.807, 2.05) is 0 Å². The second-order valence-electron chi connectivity index (χ2n) is 5.35. The molecule has 3 rings (SSSR count). The molecule has 0 spiro atoms. The Bertz CT molecular complexity index is 920. The van der Waals surface area contributed by atoms with Crippen LogP contribution in [0.2, 0.25) is 0 Å². The van der Waals surface area contributed by atoms with Crippen LogP contribution in [0.4, 0.5) is 26.3 Å². The van der Waals surface area contributed by atoms with Crippen LogP contribution >= 0.6 is 0 Å². The molecule has 0 amide bonds. The number of alkyl halides is 6. The molecule has 0 aliphatic heterocycles. The molecule has 13 heteroatoms. The summed E-state index contributed by atoms with van der Waals surface area (Å²) in [6.45, 7) is 1.45. The maximum Gasteiger partial charge on any atom is 0.435 e. The van der Waals surface area contributed by atoms with E-state index in [2.05, 4.69) is 20.3 Å². The minimum atomic E-state index is -4.64. The average Bonchev–Trinajstić information content (AvgIpc) is 3.23.